The van der Waals surface area contributed by atoms with E-state index in [0.29, 0.717) is 0 Å². The summed E-state index contributed by atoms with van der Waals surface area (Å²) in [5.41, 5.74) is 6.80. The van der Waals surface area contributed by atoms with Crippen LogP contribution in [0.5, 0.6) is 5.75 Å². The minimum Gasteiger partial charge on any atom is -0.494 e. The molecule has 3 rings (SSSR count). The molecular weight excluding hydrogens is 376 g/mol. The number of benzene rings is 3. The van der Waals surface area contributed by atoms with Crippen molar-refractivity contribution in [2.45, 2.75) is 71.6 Å². The number of hydrogen-bond acceptors (Lipinski definition) is 1. The molecule has 0 unspecified atom stereocenters. The number of aryl methyl sites for hydroxylation is 3. The van der Waals surface area contributed by atoms with Crippen LogP contribution in [0.1, 0.15) is 69.1 Å². The number of hydrogen-bond donors (Lipinski definition) is 0. The van der Waals surface area contributed by atoms with E-state index in [1.165, 1.54) is 66.3 Å². The van der Waals surface area contributed by atoms with E-state index < -0.39 is 0 Å². The molecule has 0 aliphatic heterocycles. The van der Waals surface area contributed by atoms with Gasteiger partial charge in [-0.3, -0.25) is 0 Å². The summed E-state index contributed by atoms with van der Waals surface area (Å²) in [5, 5.41) is 0. The lowest BCUT2D eigenvalue weighted by molar-refractivity contribution is 0.306. The topological polar surface area (TPSA) is 9.23 Å². The first kappa shape index (κ1) is 23.1. The van der Waals surface area contributed by atoms with Gasteiger partial charge in [-0.15, -0.1) is 0 Å². The van der Waals surface area contributed by atoms with Crippen molar-refractivity contribution in [1.82, 2.24) is 0 Å². The molecule has 31 heavy (non-hydrogen) atoms. The molecule has 0 aliphatic rings. The maximum atomic E-state index is 5.82. The standard InChI is InChI=1S/C30H38O/c1-3-5-7-9-25-10-12-26(13-11-25)14-15-27-16-18-28(19-17-27)29-20-22-30(23-21-29)31-24-8-6-4-2/h10-13,16-23H,3-9,14-15,24H2,1-2H3. The smallest absolute Gasteiger partial charge is 0.119 e. The molecule has 1 heteroatoms. The zero-order valence-electron chi connectivity index (χ0n) is 19.4. The molecule has 0 fully saturated rings. The molecule has 0 radical (unpaired) electrons. The Morgan fingerprint density at radius 3 is 1.48 bits per heavy atom. The second-order valence-electron chi connectivity index (χ2n) is 8.55. The first-order valence-electron chi connectivity index (χ1n) is 12.2. The summed E-state index contributed by atoms with van der Waals surface area (Å²) in [7, 11) is 0. The highest BCUT2D eigenvalue weighted by Gasteiger charge is 2.02. The highest BCUT2D eigenvalue weighted by atomic mass is 16.5. The maximum absolute atomic E-state index is 5.82. The first-order valence-corrected chi connectivity index (χ1v) is 12.2. The third-order valence-electron chi connectivity index (χ3n) is 5.95. The van der Waals surface area contributed by atoms with Crippen LogP contribution in [0, 0.1) is 0 Å². The van der Waals surface area contributed by atoms with Gasteiger partial charge in [0.1, 0.15) is 5.75 Å². The summed E-state index contributed by atoms with van der Waals surface area (Å²) in [4.78, 5) is 0. The fourth-order valence-electron chi connectivity index (χ4n) is 3.89. The molecule has 0 aliphatic carbocycles. The Morgan fingerprint density at radius 1 is 0.484 bits per heavy atom. The first-order chi connectivity index (χ1) is 15.3. The molecule has 0 N–H and O–H groups in total. The Morgan fingerprint density at radius 2 is 0.935 bits per heavy atom. The van der Waals surface area contributed by atoms with E-state index in [9.17, 15) is 0 Å². The van der Waals surface area contributed by atoms with Crippen LogP contribution in [0.3, 0.4) is 0 Å². The van der Waals surface area contributed by atoms with E-state index in [-0.39, 0.29) is 0 Å². The van der Waals surface area contributed by atoms with Crippen molar-refractivity contribution in [3.8, 4) is 16.9 Å². The van der Waals surface area contributed by atoms with Crippen LogP contribution in [0.15, 0.2) is 72.8 Å². The number of ether oxygens (including phenoxy) is 1. The lowest BCUT2D eigenvalue weighted by Crippen LogP contribution is -1.96. The van der Waals surface area contributed by atoms with E-state index in [0.717, 1.165) is 31.6 Å². The normalized spacial score (nSPS) is 10.9. The Bertz CT molecular complexity index is 860. The quantitative estimate of drug-likeness (QED) is 0.255. The summed E-state index contributed by atoms with van der Waals surface area (Å²) in [6.07, 6.45) is 10.9. The van der Waals surface area contributed by atoms with Crippen molar-refractivity contribution < 1.29 is 4.74 Å². The van der Waals surface area contributed by atoms with E-state index in [2.05, 4.69) is 86.6 Å². The molecule has 1 nitrogen and oxygen atoms in total. The fraction of sp³-hybridized carbons (Fsp3) is 0.400. The second-order valence-corrected chi connectivity index (χ2v) is 8.55. The van der Waals surface area contributed by atoms with Crippen LogP contribution in [0.2, 0.25) is 0 Å². The molecular formula is C30H38O. The average molecular weight is 415 g/mol. The molecule has 3 aromatic carbocycles. The van der Waals surface area contributed by atoms with Gasteiger partial charge in [0, 0.05) is 0 Å². The predicted molar refractivity (Wildman–Crippen MR) is 134 cm³/mol. The lowest BCUT2D eigenvalue weighted by Gasteiger charge is -2.08. The molecule has 0 atom stereocenters. The predicted octanol–water partition coefficient (Wildman–Crippen LogP) is 8.44. The molecule has 0 spiro atoms. The SMILES string of the molecule is CCCCCOc1ccc(-c2ccc(CCc3ccc(CCCCC)cc3)cc2)cc1. The molecule has 0 saturated heterocycles. The third-order valence-corrected chi connectivity index (χ3v) is 5.95. The molecule has 0 amide bonds. The Labute approximate surface area is 189 Å². The Balaban J connectivity index is 1.47. The zero-order chi connectivity index (χ0) is 21.7. The summed E-state index contributed by atoms with van der Waals surface area (Å²) in [6, 6.07) is 26.7. The van der Waals surface area contributed by atoms with Crippen LogP contribution < -0.4 is 4.74 Å². The highest BCUT2D eigenvalue weighted by Crippen LogP contribution is 2.23. The highest BCUT2D eigenvalue weighted by molar-refractivity contribution is 5.64. The molecule has 3 aromatic rings. The van der Waals surface area contributed by atoms with Crippen LogP contribution in [0.25, 0.3) is 11.1 Å². The van der Waals surface area contributed by atoms with Crippen molar-refractivity contribution in [3.05, 3.63) is 89.5 Å². The summed E-state index contributed by atoms with van der Waals surface area (Å²) in [6.45, 7) is 5.28. The van der Waals surface area contributed by atoms with Crippen molar-refractivity contribution >= 4 is 0 Å². The molecule has 0 bridgehead atoms. The molecule has 0 heterocycles. The van der Waals surface area contributed by atoms with E-state index in [1.54, 1.807) is 0 Å². The summed E-state index contributed by atoms with van der Waals surface area (Å²) >= 11 is 0. The zero-order valence-corrected chi connectivity index (χ0v) is 19.4. The van der Waals surface area contributed by atoms with Crippen LogP contribution in [0.4, 0.5) is 0 Å². The largest absolute Gasteiger partial charge is 0.494 e. The van der Waals surface area contributed by atoms with E-state index in [4.69, 9.17) is 4.74 Å². The van der Waals surface area contributed by atoms with Crippen LogP contribution >= 0.6 is 0 Å². The molecule has 0 aromatic heterocycles. The van der Waals surface area contributed by atoms with Gasteiger partial charge in [-0.05, 0) is 72.1 Å². The second kappa shape index (κ2) is 13.0. The van der Waals surface area contributed by atoms with Gasteiger partial charge in [0.05, 0.1) is 6.61 Å². The third kappa shape index (κ3) is 7.90. The van der Waals surface area contributed by atoms with Crippen molar-refractivity contribution in [3.63, 3.8) is 0 Å². The van der Waals surface area contributed by atoms with Crippen LogP contribution in [-0.4, -0.2) is 6.61 Å². The molecule has 164 valence electrons. The van der Waals surface area contributed by atoms with Crippen molar-refractivity contribution in [1.29, 1.82) is 0 Å². The van der Waals surface area contributed by atoms with Gasteiger partial charge in [-0.25, -0.2) is 0 Å². The van der Waals surface area contributed by atoms with Gasteiger partial charge in [0.25, 0.3) is 0 Å². The van der Waals surface area contributed by atoms with Crippen molar-refractivity contribution in [2.75, 3.05) is 6.61 Å². The monoisotopic (exact) mass is 414 g/mol. The van der Waals surface area contributed by atoms with Crippen LogP contribution in [-0.2, 0) is 19.3 Å². The Kier molecular flexibility index (Phi) is 9.70. The number of rotatable bonds is 13. The number of unbranched alkanes of at least 4 members (excludes halogenated alkanes) is 4. The summed E-state index contributed by atoms with van der Waals surface area (Å²) in [5.74, 6) is 0.966. The van der Waals surface area contributed by atoms with Gasteiger partial charge >= 0.3 is 0 Å². The minimum absolute atomic E-state index is 0.809. The lowest BCUT2D eigenvalue weighted by atomic mass is 9.99. The van der Waals surface area contributed by atoms with E-state index >= 15 is 0 Å². The maximum Gasteiger partial charge on any atom is 0.119 e. The van der Waals surface area contributed by atoms with Gasteiger partial charge < -0.3 is 4.74 Å². The van der Waals surface area contributed by atoms with Gasteiger partial charge in [-0.2, -0.15) is 0 Å². The van der Waals surface area contributed by atoms with Gasteiger partial charge in [0.2, 0.25) is 0 Å². The Hall–Kier alpha value is -2.54. The van der Waals surface area contributed by atoms with E-state index in [1.807, 2.05) is 0 Å². The molecule has 0 saturated carbocycles. The minimum atomic E-state index is 0.809. The fourth-order valence-corrected chi connectivity index (χ4v) is 3.89. The van der Waals surface area contributed by atoms with Gasteiger partial charge in [0.15, 0.2) is 0 Å². The van der Waals surface area contributed by atoms with Gasteiger partial charge in [-0.1, -0.05) is 100 Å². The summed E-state index contributed by atoms with van der Waals surface area (Å²) < 4.78 is 5.82. The van der Waals surface area contributed by atoms with Crippen molar-refractivity contribution in [2.24, 2.45) is 0 Å². The average Bonchev–Trinajstić information content (AvgIpc) is 2.82.